The Morgan fingerprint density at radius 1 is 1.13 bits per heavy atom. The molecule has 0 unspecified atom stereocenters. The summed E-state index contributed by atoms with van der Waals surface area (Å²) in [5, 5.41) is 10.4. The fourth-order valence-electron chi connectivity index (χ4n) is 2.33. The first-order valence-electron chi connectivity index (χ1n) is 6.68. The summed E-state index contributed by atoms with van der Waals surface area (Å²) in [6.45, 7) is 0. The van der Waals surface area contributed by atoms with E-state index in [2.05, 4.69) is 4.72 Å². The fraction of sp³-hybridized carbons (Fsp3) is 0.0625. The summed E-state index contributed by atoms with van der Waals surface area (Å²) in [4.78, 5) is 12.4. The van der Waals surface area contributed by atoms with Crippen molar-refractivity contribution in [2.45, 2.75) is 4.90 Å². The Hall–Kier alpha value is -2.80. The summed E-state index contributed by atoms with van der Waals surface area (Å²) in [6, 6.07) is 12.2. The van der Waals surface area contributed by atoms with E-state index in [1.54, 1.807) is 24.3 Å². The quantitative estimate of drug-likeness (QED) is 0.649. The molecule has 0 radical (unpaired) electrons. The number of hydrogen-bond donors (Lipinski definition) is 2. The van der Waals surface area contributed by atoms with Gasteiger partial charge in [0.15, 0.2) is 5.76 Å². The van der Waals surface area contributed by atoms with Crippen molar-refractivity contribution in [3.63, 3.8) is 0 Å². The molecule has 2 aromatic carbocycles. The van der Waals surface area contributed by atoms with Crippen LogP contribution in [0.3, 0.4) is 0 Å². The fourth-order valence-corrected chi connectivity index (χ4v) is 3.61. The van der Waals surface area contributed by atoms with Gasteiger partial charge in [-0.2, -0.15) is 0 Å². The van der Waals surface area contributed by atoms with Gasteiger partial charge in [0.2, 0.25) is 5.78 Å². The highest BCUT2D eigenvalue weighted by atomic mass is 32.2. The van der Waals surface area contributed by atoms with Gasteiger partial charge in [-0.05, 0) is 24.3 Å². The van der Waals surface area contributed by atoms with Crippen LogP contribution in [-0.4, -0.2) is 26.4 Å². The predicted molar refractivity (Wildman–Crippen MR) is 83.6 cm³/mol. The molecule has 0 amide bonds. The maximum absolute atomic E-state index is 12.5. The van der Waals surface area contributed by atoms with E-state index in [1.807, 2.05) is 0 Å². The van der Waals surface area contributed by atoms with Gasteiger partial charge in [0.1, 0.15) is 11.4 Å². The molecule has 0 aromatic heterocycles. The van der Waals surface area contributed by atoms with Gasteiger partial charge in [-0.3, -0.25) is 9.52 Å². The lowest BCUT2D eigenvalue weighted by Crippen LogP contribution is -2.35. The lowest BCUT2D eigenvalue weighted by Gasteiger charge is -2.20. The minimum Gasteiger partial charge on any atom is -0.505 e. The van der Waals surface area contributed by atoms with Crippen LogP contribution in [-0.2, 0) is 10.0 Å². The maximum atomic E-state index is 12.5. The maximum Gasteiger partial charge on any atom is 0.262 e. The number of nitrogens with one attached hydrogen (secondary N) is 1. The molecule has 7 heteroatoms. The Labute approximate surface area is 133 Å². The molecule has 0 bridgehead atoms. The Bertz CT molecular complexity index is 931. The molecule has 2 aromatic rings. The standard InChI is InChI=1S/C16H13NO5S/c1-22-11-6-4-5-10(9-11)15(18)14-16(19)12-7-2-3-8-13(12)23(20,21)17-14/h2-9,17-18H,1H3/b15-14+. The number of allylic oxidation sites excluding steroid dienone is 1. The number of aliphatic hydroxyl groups excluding tert-OH is 1. The molecule has 2 N–H and O–H groups in total. The van der Waals surface area contributed by atoms with Gasteiger partial charge >= 0.3 is 0 Å². The van der Waals surface area contributed by atoms with Gasteiger partial charge in [0.05, 0.1) is 12.0 Å². The normalized spacial score (nSPS) is 17.9. The Morgan fingerprint density at radius 3 is 2.61 bits per heavy atom. The molecule has 0 atom stereocenters. The average molecular weight is 331 g/mol. The number of ketones is 1. The molecule has 1 heterocycles. The molecule has 0 saturated heterocycles. The average Bonchev–Trinajstić information content (AvgIpc) is 2.58. The van der Waals surface area contributed by atoms with Gasteiger partial charge in [-0.25, -0.2) is 8.42 Å². The van der Waals surface area contributed by atoms with E-state index in [-0.39, 0.29) is 21.7 Å². The van der Waals surface area contributed by atoms with Gasteiger partial charge < -0.3 is 9.84 Å². The summed E-state index contributed by atoms with van der Waals surface area (Å²) in [6.07, 6.45) is 0. The van der Waals surface area contributed by atoms with Gasteiger partial charge in [-0.15, -0.1) is 0 Å². The molecule has 23 heavy (non-hydrogen) atoms. The summed E-state index contributed by atoms with van der Waals surface area (Å²) in [5.74, 6) is -0.566. The zero-order chi connectivity index (χ0) is 16.6. The lowest BCUT2D eigenvalue weighted by atomic mass is 10.0. The molecule has 1 aliphatic rings. The highest BCUT2D eigenvalue weighted by Gasteiger charge is 2.34. The molecular weight excluding hydrogens is 318 g/mol. The van der Waals surface area contributed by atoms with Gasteiger partial charge in [-0.1, -0.05) is 24.3 Å². The minimum absolute atomic E-state index is 0.0238. The van der Waals surface area contributed by atoms with Crippen LogP contribution < -0.4 is 9.46 Å². The highest BCUT2D eigenvalue weighted by Crippen LogP contribution is 2.28. The third kappa shape index (κ3) is 2.55. The first-order chi connectivity index (χ1) is 10.9. The van der Waals surface area contributed by atoms with E-state index in [4.69, 9.17) is 4.74 Å². The predicted octanol–water partition coefficient (Wildman–Crippen LogP) is 2.10. The number of hydrogen-bond acceptors (Lipinski definition) is 5. The number of rotatable bonds is 2. The Balaban J connectivity index is 2.19. The molecule has 6 nitrogen and oxygen atoms in total. The van der Waals surface area contributed by atoms with Crippen LogP contribution in [0.2, 0.25) is 0 Å². The summed E-state index contributed by atoms with van der Waals surface area (Å²) in [7, 11) is -2.45. The Morgan fingerprint density at radius 2 is 1.87 bits per heavy atom. The molecule has 1 aliphatic heterocycles. The van der Waals surface area contributed by atoms with Crippen molar-refractivity contribution in [2.24, 2.45) is 0 Å². The Kier molecular flexibility index (Phi) is 3.57. The zero-order valence-electron chi connectivity index (χ0n) is 12.1. The highest BCUT2D eigenvalue weighted by molar-refractivity contribution is 7.90. The number of ether oxygens (including phenoxy) is 1. The third-order valence-corrected chi connectivity index (χ3v) is 4.87. The molecule has 0 aliphatic carbocycles. The molecular formula is C16H13NO5S. The molecule has 118 valence electrons. The first kappa shape index (κ1) is 15.1. The van der Waals surface area contributed by atoms with Crippen molar-refractivity contribution in [3.8, 4) is 5.75 Å². The third-order valence-electron chi connectivity index (χ3n) is 3.46. The molecule has 3 rings (SSSR count). The first-order valence-corrected chi connectivity index (χ1v) is 8.16. The van der Waals surface area contributed by atoms with Crippen molar-refractivity contribution in [1.29, 1.82) is 0 Å². The summed E-state index contributed by atoms with van der Waals surface area (Å²) in [5.41, 5.74) is -0.0811. The smallest absolute Gasteiger partial charge is 0.262 e. The monoisotopic (exact) mass is 331 g/mol. The summed E-state index contributed by atoms with van der Waals surface area (Å²) < 4.78 is 31.7. The van der Waals surface area contributed by atoms with Crippen LogP contribution in [0.25, 0.3) is 5.76 Å². The molecule has 0 fully saturated rings. The van der Waals surface area contributed by atoms with E-state index < -0.39 is 21.6 Å². The van der Waals surface area contributed by atoms with E-state index in [0.717, 1.165) is 0 Å². The minimum atomic E-state index is -3.91. The topological polar surface area (TPSA) is 92.7 Å². The van der Waals surface area contributed by atoms with Crippen molar-refractivity contribution in [1.82, 2.24) is 4.72 Å². The van der Waals surface area contributed by atoms with Crippen LogP contribution in [0.1, 0.15) is 15.9 Å². The number of carbonyl (C=O) groups is 1. The van der Waals surface area contributed by atoms with Gasteiger partial charge in [0.25, 0.3) is 10.0 Å². The van der Waals surface area contributed by atoms with Crippen LogP contribution in [0.5, 0.6) is 5.75 Å². The number of aliphatic hydroxyl groups is 1. The number of benzene rings is 2. The number of sulfonamides is 1. The number of Topliss-reactive ketones (excluding diaryl/α,β-unsaturated/α-hetero) is 1. The molecule has 0 saturated carbocycles. The second kappa shape index (κ2) is 5.44. The number of methoxy groups -OCH3 is 1. The van der Waals surface area contributed by atoms with Crippen LogP contribution in [0.15, 0.2) is 59.1 Å². The molecule has 0 spiro atoms. The van der Waals surface area contributed by atoms with E-state index in [9.17, 15) is 18.3 Å². The van der Waals surface area contributed by atoms with Crippen LogP contribution in [0, 0.1) is 0 Å². The van der Waals surface area contributed by atoms with Gasteiger partial charge in [0, 0.05) is 11.1 Å². The van der Waals surface area contributed by atoms with E-state index in [0.29, 0.717) is 5.75 Å². The van der Waals surface area contributed by atoms with Crippen molar-refractivity contribution >= 4 is 21.6 Å². The van der Waals surface area contributed by atoms with Crippen LogP contribution >= 0.6 is 0 Å². The number of fused-ring (bicyclic) bond motifs is 1. The van der Waals surface area contributed by atoms with E-state index >= 15 is 0 Å². The summed E-state index contributed by atoms with van der Waals surface area (Å²) >= 11 is 0. The number of carbonyl (C=O) groups excluding carboxylic acids is 1. The van der Waals surface area contributed by atoms with Crippen molar-refractivity contribution in [3.05, 3.63) is 65.4 Å². The SMILES string of the molecule is COc1cccc(/C(O)=C2\NS(=O)(=O)c3ccccc3C2=O)c1. The zero-order valence-corrected chi connectivity index (χ0v) is 12.9. The van der Waals surface area contributed by atoms with Crippen molar-refractivity contribution < 1.29 is 23.1 Å². The van der Waals surface area contributed by atoms with Crippen LogP contribution in [0.4, 0.5) is 0 Å². The second-order valence-corrected chi connectivity index (χ2v) is 6.54. The second-order valence-electron chi connectivity index (χ2n) is 4.89. The largest absolute Gasteiger partial charge is 0.505 e. The van der Waals surface area contributed by atoms with Crippen molar-refractivity contribution in [2.75, 3.05) is 7.11 Å². The lowest BCUT2D eigenvalue weighted by molar-refractivity contribution is 0.102. The van der Waals surface area contributed by atoms with E-state index in [1.165, 1.54) is 31.4 Å².